The second-order valence-electron chi connectivity index (χ2n) is 5.78. The number of ether oxygens (including phenoxy) is 2. The van der Waals surface area contributed by atoms with Crippen molar-refractivity contribution in [2.75, 3.05) is 24.8 Å². The molecule has 0 bridgehead atoms. The van der Waals surface area contributed by atoms with Gasteiger partial charge in [-0.3, -0.25) is 4.79 Å². The molecule has 0 saturated heterocycles. The van der Waals surface area contributed by atoms with Crippen LogP contribution in [-0.4, -0.2) is 35.6 Å². The Morgan fingerprint density at radius 3 is 2.54 bits per heavy atom. The highest BCUT2D eigenvalue weighted by Crippen LogP contribution is 2.23. The van der Waals surface area contributed by atoms with Gasteiger partial charge in [0.1, 0.15) is 16.5 Å². The number of benzene rings is 2. The highest BCUT2D eigenvalue weighted by molar-refractivity contribution is 7.99. The molecule has 7 heteroatoms. The van der Waals surface area contributed by atoms with Gasteiger partial charge in [0, 0.05) is 11.3 Å². The zero-order chi connectivity index (χ0) is 19.8. The minimum Gasteiger partial charge on any atom is -0.497 e. The molecule has 28 heavy (non-hydrogen) atoms. The lowest BCUT2D eigenvalue weighted by Gasteiger charge is -2.07. The molecule has 1 amide bonds. The minimum absolute atomic E-state index is 0.104. The summed E-state index contributed by atoms with van der Waals surface area (Å²) in [5.74, 6) is 1.69. The Kier molecular flexibility index (Phi) is 6.86. The number of nitrogens with one attached hydrogen (secondary N) is 1. The van der Waals surface area contributed by atoms with Gasteiger partial charge in [-0.2, -0.15) is 0 Å². The van der Waals surface area contributed by atoms with Crippen LogP contribution < -0.4 is 14.8 Å². The minimum atomic E-state index is -0.104. The SMILES string of the molecule is CCOc1ccc(NC(=O)CSc2ccc(-c3cccc(OC)c3)nn2)cc1. The average molecular weight is 395 g/mol. The summed E-state index contributed by atoms with van der Waals surface area (Å²) in [4.78, 5) is 12.1. The molecular formula is C21H21N3O3S. The van der Waals surface area contributed by atoms with Crippen molar-refractivity contribution in [3.8, 4) is 22.8 Å². The van der Waals surface area contributed by atoms with Gasteiger partial charge >= 0.3 is 0 Å². The maximum Gasteiger partial charge on any atom is 0.234 e. The Balaban J connectivity index is 1.53. The first-order valence-corrected chi connectivity index (χ1v) is 9.80. The number of anilines is 1. The molecule has 3 rings (SSSR count). The first-order chi connectivity index (χ1) is 13.7. The molecular weight excluding hydrogens is 374 g/mol. The highest BCUT2D eigenvalue weighted by atomic mass is 32.2. The van der Waals surface area contributed by atoms with E-state index in [1.54, 1.807) is 7.11 Å². The van der Waals surface area contributed by atoms with Gasteiger partial charge in [0.25, 0.3) is 0 Å². The third-order valence-corrected chi connectivity index (χ3v) is 4.73. The van der Waals surface area contributed by atoms with Crippen LogP contribution in [0.1, 0.15) is 6.92 Å². The van der Waals surface area contributed by atoms with Crippen LogP contribution in [0.25, 0.3) is 11.3 Å². The monoisotopic (exact) mass is 395 g/mol. The van der Waals surface area contributed by atoms with Crippen molar-refractivity contribution in [3.05, 3.63) is 60.7 Å². The lowest BCUT2D eigenvalue weighted by molar-refractivity contribution is -0.113. The fourth-order valence-electron chi connectivity index (χ4n) is 2.47. The number of aromatic nitrogens is 2. The molecule has 1 aromatic heterocycles. The van der Waals surface area contributed by atoms with Crippen molar-refractivity contribution in [1.29, 1.82) is 0 Å². The second kappa shape index (κ2) is 9.75. The maximum atomic E-state index is 12.1. The molecule has 144 valence electrons. The summed E-state index contributed by atoms with van der Waals surface area (Å²) in [5.41, 5.74) is 2.41. The van der Waals surface area contributed by atoms with Crippen molar-refractivity contribution in [2.24, 2.45) is 0 Å². The zero-order valence-electron chi connectivity index (χ0n) is 15.7. The zero-order valence-corrected chi connectivity index (χ0v) is 16.5. The number of hydrogen-bond donors (Lipinski definition) is 1. The standard InChI is InChI=1S/C21H21N3O3S/c1-3-27-17-9-7-16(8-10-17)22-20(25)14-28-21-12-11-19(23-24-21)15-5-4-6-18(13-15)26-2/h4-13H,3,14H2,1-2H3,(H,22,25). The predicted octanol–water partition coefficient (Wildman–Crippen LogP) is 4.28. The summed E-state index contributed by atoms with van der Waals surface area (Å²) in [7, 11) is 1.63. The van der Waals surface area contributed by atoms with E-state index < -0.39 is 0 Å². The first-order valence-electron chi connectivity index (χ1n) is 8.81. The molecule has 0 unspecified atom stereocenters. The Bertz CT molecular complexity index is 915. The Morgan fingerprint density at radius 1 is 1.04 bits per heavy atom. The molecule has 3 aromatic rings. The van der Waals surface area contributed by atoms with Crippen molar-refractivity contribution < 1.29 is 14.3 Å². The fourth-order valence-corrected chi connectivity index (χ4v) is 3.09. The number of carbonyl (C=O) groups is 1. The molecule has 0 aliphatic heterocycles. The molecule has 0 spiro atoms. The number of carbonyl (C=O) groups excluding carboxylic acids is 1. The third kappa shape index (κ3) is 5.47. The van der Waals surface area contributed by atoms with E-state index in [1.807, 2.05) is 67.6 Å². The van der Waals surface area contributed by atoms with Crippen LogP contribution in [0.3, 0.4) is 0 Å². The summed E-state index contributed by atoms with van der Waals surface area (Å²) < 4.78 is 10.6. The van der Waals surface area contributed by atoms with E-state index in [4.69, 9.17) is 9.47 Å². The van der Waals surface area contributed by atoms with Crippen LogP contribution in [0.5, 0.6) is 11.5 Å². The number of nitrogens with zero attached hydrogens (tertiary/aromatic N) is 2. The summed E-state index contributed by atoms with van der Waals surface area (Å²) >= 11 is 1.34. The van der Waals surface area contributed by atoms with Crippen LogP contribution in [0.15, 0.2) is 65.7 Å². The molecule has 1 N–H and O–H groups in total. The van der Waals surface area contributed by atoms with Crippen molar-refractivity contribution >= 4 is 23.4 Å². The fraction of sp³-hybridized carbons (Fsp3) is 0.190. The molecule has 0 saturated carbocycles. The van der Waals surface area contributed by atoms with E-state index in [0.29, 0.717) is 11.6 Å². The van der Waals surface area contributed by atoms with E-state index >= 15 is 0 Å². The van der Waals surface area contributed by atoms with E-state index in [0.717, 1.165) is 28.4 Å². The molecule has 1 heterocycles. The third-order valence-electron chi connectivity index (χ3n) is 3.81. The number of hydrogen-bond acceptors (Lipinski definition) is 6. The highest BCUT2D eigenvalue weighted by Gasteiger charge is 2.07. The molecule has 0 aliphatic rings. The average Bonchev–Trinajstić information content (AvgIpc) is 2.74. The van der Waals surface area contributed by atoms with Crippen LogP contribution >= 0.6 is 11.8 Å². The first kappa shape index (κ1) is 19.7. The predicted molar refractivity (Wildman–Crippen MR) is 111 cm³/mol. The molecule has 2 aromatic carbocycles. The normalized spacial score (nSPS) is 10.4. The van der Waals surface area contributed by atoms with E-state index in [9.17, 15) is 4.79 Å². The number of amides is 1. The van der Waals surface area contributed by atoms with Crippen LogP contribution in [-0.2, 0) is 4.79 Å². The van der Waals surface area contributed by atoms with Gasteiger partial charge in [-0.15, -0.1) is 10.2 Å². The van der Waals surface area contributed by atoms with Gasteiger partial charge in [-0.25, -0.2) is 0 Å². The summed E-state index contributed by atoms with van der Waals surface area (Å²) in [6.45, 7) is 2.54. The second-order valence-corrected chi connectivity index (χ2v) is 6.78. The van der Waals surface area contributed by atoms with Crippen molar-refractivity contribution in [3.63, 3.8) is 0 Å². The lowest BCUT2D eigenvalue weighted by atomic mass is 10.1. The van der Waals surface area contributed by atoms with Gasteiger partial charge in [-0.1, -0.05) is 23.9 Å². The summed E-state index contributed by atoms with van der Waals surface area (Å²) in [6.07, 6.45) is 0. The van der Waals surface area contributed by atoms with E-state index in [2.05, 4.69) is 15.5 Å². The van der Waals surface area contributed by atoms with Gasteiger partial charge in [0.2, 0.25) is 5.91 Å². The molecule has 0 fully saturated rings. The number of thioether (sulfide) groups is 1. The van der Waals surface area contributed by atoms with Crippen LogP contribution in [0.2, 0.25) is 0 Å². The van der Waals surface area contributed by atoms with Crippen molar-refractivity contribution in [1.82, 2.24) is 10.2 Å². The molecule has 6 nitrogen and oxygen atoms in total. The maximum absolute atomic E-state index is 12.1. The topological polar surface area (TPSA) is 73.3 Å². The lowest BCUT2D eigenvalue weighted by Crippen LogP contribution is -2.14. The van der Waals surface area contributed by atoms with E-state index in [1.165, 1.54) is 11.8 Å². The Labute approximate surface area is 168 Å². The summed E-state index contributed by atoms with van der Waals surface area (Å²) in [5, 5.41) is 12.0. The van der Waals surface area contributed by atoms with Crippen LogP contribution in [0.4, 0.5) is 5.69 Å². The van der Waals surface area contributed by atoms with Crippen LogP contribution in [0, 0.1) is 0 Å². The number of rotatable bonds is 8. The quantitative estimate of drug-likeness (QED) is 0.574. The molecule has 0 atom stereocenters. The Morgan fingerprint density at radius 2 is 1.86 bits per heavy atom. The van der Waals surface area contributed by atoms with Gasteiger partial charge in [-0.05, 0) is 55.5 Å². The van der Waals surface area contributed by atoms with Gasteiger partial charge in [0.15, 0.2) is 0 Å². The molecule has 0 aliphatic carbocycles. The van der Waals surface area contributed by atoms with Gasteiger partial charge < -0.3 is 14.8 Å². The van der Waals surface area contributed by atoms with E-state index in [-0.39, 0.29) is 11.7 Å². The largest absolute Gasteiger partial charge is 0.497 e. The van der Waals surface area contributed by atoms with Gasteiger partial charge in [0.05, 0.1) is 25.2 Å². The smallest absolute Gasteiger partial charge is 0.234 e. The summed E-state index contributed by atoms with van der Waals surface area (Å²) in [6, 6.07) is 18.7. The van der Waals surface area contributed by atoms with Crippen molar-refractivity contribution in [2.45, 2.75) is 11.9 Å². The molecule has 0 radical (unpaired) electrons. The Hall–Kier alpha value is -3.06. The number of methoxy groups -OCH3 is 1.